The van der Waals surface area contributed by atoms with E-state index in [0.717, 1.165) is 5.56 Å². The summed E-state index contributed by atoms with van der Waals surface area (Å²) in [4.78, 5) is 21.6. The molecule has 16 heavy (non-hydrogen) atoms. The molecule has 0 bridgehead atoms. The van der Waals surface area contributed by atoms with Crippen LogP contribution in [0.5, 0.6) is 5.75 Å². The fraction of sp³-hybridized carbons (Fsp3) is 0.385. The van der Waals surface area contributed by atoms with Gasteiger partial charge in [-0.2, -0.15) is 0 Å². The minimum Gasteiger partial charge on any atom is -0.496 e. The lowest BCUT2D eigenvalue weighted by Crippen LogP contribution is -2.05. The number of hydrogen-bond acceptors (Lipinski definition) is 3. The van der Waals surface area contributed by atoms with Crippen molar-refractivity contribution >= 4 is 12.6 Å². The third kappa shape index (κ3) is 2.48. The smallest absolute Gasteiger partial charge is 0.134 e. The van der Waals surface area contributed by atoms with Gasteiger partial charge in [-0.3, -0.25) is 0 Å². The van der Waals surface area contributed by atoms with E-state index in [9.17, 15) is 9.59 Å². The van der Waals surface area contributed by atoms with Crippen molar-refractivity contribution in [2.75, 3.05) is 7.11 Å². The Morgan fingerprint density at radius 3 is 2.25 bits per heavy atom. The van der Waals surface area contributed by atoms with E-state index in [0.29, 0.717) is 29.8 Å². The molecule has 3 heteroatoms. The maximum absolute atomic E-state index is 10.8. The van der Waals surface area contributed by atoms with Crippen molar-refractivity contribution in [1.29, 1.82) is 0 Å². The fourth-order valence-corrected chi connectivity index (χ4v) is 1.55. The van der Waals surface area contributed by atoms with Crippen LogP contribution in [0.25, 0.3) is 0 Å². The molecule has 0 aromatic heterocycles. The minimum atomic E-state index is -0.742. The summed E-state index contributed by atoms with van der Waals surface area (Å²) < 4.78 is 5.15. The van der Waals surface area contributed by atoms with E-state index in [-0.39, 0.29) is 0 Å². The van der Waals surface area contributed by atoms with E-state index in [2.05, 4.69) is 13.8 Å². The largest absolute Gasteiger partial charge is 0.496 e. The van der Waals surface area contributed by atoms with Gasteiger partial charge >= 0.3 is 0 Å². The summed E-state index contributed by atoms with van der Waals surface area (Å²) in [6.45, 7) is 4.12. The monoisotopic (exact) mass is 220 g/mol. The zero-order valence-electron chi connectivity index (χ0n) is 9.77. The first-order chi connectivity index (χ1) is 7.63. The predicted molar refractivity (Wildman–Crippen MR) is 62.0 cm³/mol. The molecule has 0 unspecified atom stereocenters. The van der Waals surface area contributed by atoms with Gasteiger partial charge in [-0.25, -0.2) is 0 Å². The van der Waals surface area contributed by atoms with Crippen LogP contribution >= 0.6 is 0 Å². The van der Waals surface area contributed by atoms with Crippen LogP contribution in [0.4, 0.5) is 0 Å². The molecule has 1 rings (SSSR count). The van der Waals surface area contributed by atoms with Crippen molar-refractivity contribution in [3.05, 3.63) is 29.3 Å². The summed E-state index contributed by atoms with van der Waals surface area (Å²) in [7, 11) is 1.53. The van der Waals surface area contributed by atoms with Gasteiger partial charge in [-0.1, -0.05) is 26.0 Å². The number of rotatable bonds is 5. The fourth-order valence-electron chi connectivity index (χ4n) is 1.55. The van der Waals surface area contributed by atoms with E-state index < -0.39 is 5.92 Å². The minimum absolute atomic E-state index is 0.351. The maximum atomic E-state index is 10.8. The topological polar surface area (TPSA) is 43.4 Å². The van der Waals surface area contributed by atoms with Gasteiger partial charge in [-0.15, -0.1) is 0 Å². The average Bonchev–Trinajstić information content (AvgIpc) is 2.30. The van der Waals surface area contributed by atoms with Crippen LogP contribution in [0.3, 0.4) is 0 Å². The van der Waals surface area contributed by atoms with Crippen molar-refractivity contribution in [1.82, 2.24) is 0 Å². The Hall–Kier alpha value is -1.64. The molecule has 0 N–H and O–H groups in total. The molecule has 0 atom stereocenters. The lowest BCUT2D eigenvalue weighted by Gasteiger charge is -2.13. The predicted octanol–water partition coefficient (Wildman–Crippen LogP) is 2.30. The van der Waals surface area contributed by atoms with Crippen LogP contribution in [0.15, 0.2) is 18.2 Å². The Kier molecular flexibility index (Phi) is 4.23. The van der Waals surface area contributed by atoms with Crippen molar-refractivity contribution in [3.63, 3.8) is 0 Å². The van der Waals surface area contributed by atoms with Crippen molar-refractivity contribution in [3.8, 4) is 5.75 Å². The van der Waals surface area contributed by atoms with Gasteiger partial charge in [0.05, 0.1) is 13.0 Å². The van der Waals surface area contributed by atoms with Crippen molar-refractivity contribution in [2.24, 2.45) is 0 Å². The molecule has 0 radical (unpaired) electrons. The molecule has 1 aromatic rings. The van der Waals surface area contributed by atoms with Gasteiger partial charge in [0, 0.05) is 5.56 Å². The SMILES string of the molecule is COc1ccc(C(C)C)cc1C(C=O)C=O. The lowest BCUT2D eigenvalue weighted by atomic mass is 9.94. The quantitative estimate of drug-likeness (QED) is 0.565. The highest BCUT2D eigenvalue weighted by molar-refractivity contribution is 5.86. The van der Waals surface area contributed by atoms with Gasteiger partial charge in [0.25, 0.3) is 0 Å². The van der Waals surface area contributed by atoms with Gasteiger partial charge in [0.15, 0.2) is 0 Å². The number of benzene rings is 1. The number of carbonyl (C=O) groups excluding carboxylic acids is 2. The number of carbonyl (C=O) groups is 2. The first-order valence-electron chi connectivity index (χ1n) is 5.22. The third-order valence-electron chi connectivity index (χ3n) is 2.57. The number of ether oxygens (including phenoxy) is 1. The summed E-state index contributed by atoms with van der Waals surface area (Å²) in [5.41, 5.74) is 1.73. The summed E-state index contributed by atoms with van der Waals surface area (Å²) in [6, 6.07) is 5.60. The summed E-state index contributed by atoms with van der Waals surface area (Å²) >= 11 is 0. The number of hydrogen-bond donors (Lipinski definition) is 0. The van der Waals surface area contributed by atoms with Crippen LogP contribution in [0.2, 0.25) is 0 Å². The first kappa shape index (κ1) is 12.4. The highest BCUT2D eigenvalue weighted by atomic mass is 16.5. The Balaban J connectivity index is 3.25. The zero-order chi connectivity index (χ0) is 12.1. The second-order valence-electron chi connectivity index (χ2n) is 3.95. The standard InChI is InChI=1S/C13H16O3/c1-9(2)10-4-5-13(16-3)12(6-10)11(7-14)8-15/h4-9,11H,1-3H3. The summed E-state index contributed by atoms with van der Waals surface area (Å²) in [5, 5.41) is 0. The van der Waals surface area contributed by atoms with Gasteiger partial charge in [0.2, 0.25) is 0 Å². The van der Waals surface area contributed by atoms with Crippen LogP contribution in [0.1, 0.15) is 36.8 Å². The molecule has 0 aliphatic carbocycles. The second kappa shape index (κ2) is 5.45. The molecule has 0 saturated carbocycles. The molecule has 0 heterocycles. The lowest BCUT2D eigenvalue weighted by molar-refractivity contribution is -0.116. The molecule has 0 amide bonds. The second-order valence-corrected chi connectivity index (χ2v) is 3.95. The Bertz CT molecular complexity index is 375. The summed E-state index contributed by atoms with van der Waals surface area (Å²) in [5.74, 6) is 0.186. The molecule has 3 nitrogen and oxygen atoms in total. The molecule has 0 aliphatic heterocycles. The van der Waals surface area contributed by atoms with Crippen LogP contribution < -0.4 is 4.74 Å². The number of methoxy groups -OCH3 is 1. The maximum Gasteiger partial charge on any atom is 0.134 e. The first-order valence-corrected chi connectivity index (χ1v) is 5.22. The van der Waals surface area contributed by atoms with E-state index in [1.807, 2.05) is 12.1 Å². The van der Waals surface area contributed by atoms with Crippen LogP contribution in [0, 0.1) is 0 Å². The highest BCUT2D eigenvalue weighted by Crippen LogP contribution is 2.28. The van der Waals surface area contributed by atoms with E-state index >= 15 is 0 Å². The molecule has 0 spiro atoms. The molecule has 86 valence electrons. The Morgan fingerprint density at radius 1 is 1.19 bits per heavy atom. The normalized spacial score (nSPS) is 10.6. The van der Waals surface area contributed by atoms with E-state index in [1.54, 1.807) is 6.07 Å². The van der Waals surface area contributed by atoms with Crippen molar-refractivity contribution in [2.45, 2.75) is 25.7 Å². The Morgan fingerprint density at radius 2 is 1.81 bits per heavy atom. The molecule has 0 fully saturated rings. The summed E-state index contributed by atoms with van der Waals surface area (Å²) in [6.07, 6.45) is 1.27. The molecular formula is C13H16O3. The Labute approximate surface area is 95.4 Å². The zero-order valence-corrected chi connectivity index (χ0v) is 9.77. The van der Waals surface area contributed by atoms with E-state index in [4.69, 9.17) is 4.74 Å². The molecule has 0 saturated heterocycles. The highest BCUT2D eigenvalue weighted by Gasteiger charge is 2.15. The van der Waals surface area contributed by atoms with E-state index in [1.165, 1.54) is 7.11 Å². The van der Waals surface area contributed by atoms with Gasteiger partial charge in [0.1, 0.15) is 18.3 Å². The van der Waals surface area contributed by atoms with Crippen molar-refractivity contribution < 1.29 is 14.3 Å². The van der Waals surface area contributed by atoms with Gasteiger partial charge < -0.3 is 14.3 Å². The molecule has 1 aromatic carbocycles. The third-order valence-corrected chi connectivity index (χ3v) is 2.57. The average molecular weight is 220 g/mol. The number of aldehydes is 2. The van der Waals surface area contributed by atoms with Crippen LogP contribution in [-0.4, -0.2) is 19.7 Å². The van der Waals surface area contributed by atoms with Crippen LogP contribution in [-0.2, 0) is 9.59 Å². The van der Waals surface area contributed by atoms with Gasteiger partial charge in [-0.05, 0) is 17.5 Å². The molecular weight excluding hydrogens is 204 g/mol. The molecule has 0 aliphatic rings.